The lowest BCUT2D eigenvalue weighted by Crippen LogP contribution is -2.59. The van der Waals surface area contributed by atoms with Crippen LogP contribution in [0, 0.1) is 29.1 Å². The first kappa shape index (κ1) is 37.3. The number of ketones is 1. The second-order valence-electron chi connectivity index (χ2n) is 15.5. The number of methoxy groups -OCH3 is 1. The van der Waals surface area contributed by atoms with E-state index in [1.807, 2.05) is 32.8 Å². The Hall–Kier alpha value is -1.14. The van der Waals surface area contributed by atoms with Crippen LogP contribution in [0.5, 0.6) is 0 Å². The number of likely N-dealkylation sites (N-methyl/N-ethyl adjacent to an activating group) is 2. The average Bonchev–Trinajstić information content (AvgIpc) is 3.38. The van der Waals surface area contributed by atoms with E-state index >= 15 is 0 Å². The van der Waals surface area contributed by atoms with Crippen LogP contribution in [0.1, 0.15) is 74.7 Å². The number of aliphatic hydroxyl groups excluding tert-OH is 1. The number of rotatable bonds is 7. The van der Waals surface area contributed by atoms with Crippen molar-refractivity contribution in [3.8, 4) is 0 Å². The van der Waals surface area contributed by atoms with E-state index in [1.165, 1.54) is 0 Å². The van der Waals surface area contributed by atoms with Crippen molar-refractivity contribution in [3.05, 3.63) is 0 Å². The van der Waals surface area contributed by atoms with Crippen LogP contribution in [0.3, 0.4) is 0 Å². The van der Waals surface area contributed by atoms with Gasteiger partial charge in [0.05, 0.1) is 17.8 Å². The summed E-state index contributed by atoms with van der Waals surface area (Å²) < 4.78 is 25.0. The van der Waals surface area contributed by atoms with Crippen LogP contribution in [0.4, 0.5) is 0 Å². The third-order valence-corrected chi connectivity index (χ3v) is 10.4. The van der Waals surface area contributed by atoms with Gasteiger partial charge in [-0.1, -0.05) is 27.7 Å². The van der Waals surface area contributed by atoms with E-state index in [0.29, 0.717) is 24.7 Å². The number of hydrogen-bond acceptors (Lipinski definition) is 10. The predicted octanol–water partition coefficient (Wildman–Crippen LogP) is 3.30. The minimum Gasteiger partial charge on any atom is -0.463 e. The first-order valence-corrected chi connectivity index (χ1v) is 16.8. The highest BCUT2D eigenvalue weighted by Crippen LogP contribution is 2.38. The fraction of sp³-hybridized carbons (Fsp3) is 0.941. The van der Waals surface area contributed by atoms with Crippen molar-refractivity contribution in [2.45, 2.75) is 117 Å². The van der Waals surface area contributed by atoms with Crippen LogP contribution in [0.2, 0.25) is 0 Å². The van der Waals surface area contributed by atoms with Gasteiger partial charge in [0.1, 0.15) is 18.1 Å². The Bertz CT molecular complexity index is 961. The van der Waals surface area contributed by atoms with Gasteiger partial charge in [0.15, 0.2) is 12.1 Å². The maximum atomic E-state index is 14.2. The molecule has 0 spiro atoms. The number of esters is 1. The monoisotopic (exact) mass is 625 g/mol. The van der Waals surface area contributed by atoms with Crippen LogP contribution in [0.15, 0.2) is 0 Å². The number of Topliss-reactive ketones (excluding diaryl/α,β-unsaturated/α-hetero) is 1. The highest BCUT2D eigenvalue weighted by atomic mass is 16.7. The molecule has 256 valence electrons. The molecule has 1 N–H and O–H groups in total. The van der Waals surface area contributed by atoms with Crippen molar-refractivity contribution in [1.82, 2.24) is 14.7 Å². The fourth-order valence-electron chi connectivity index (χ4n) is 7.92. The van der Waals surface area contributed by atoms with Crippen molar-refractivity contribution >= 4 is 11.8 Å². The molecule has 0 saturated carbocycles. The largest absolute Gasteiger partial charge is 0.463 e. The molecule has 0 aromatic heterocycles. The van der Waals surface area contributed by atoms with Crippen molar-refractivity contribution in [2.24, 2.45) is 29.1 Å². The zero-order valence-electron chi connectivity index (χ0n) is 29.7. The number of ether oxygens (including phenoxy) is 4. The van der Waals surface area contributed by atoms with E-state index in [2.05, 4.69) is 37.6 Å². The lowest BCUT2D eigenvalue weighted by Gasteiger charge is -2.47. The Labute approximate surface area is 267 Å². The number of hydrogen-bond donors (Lipinski definition) is 1. The molecule has 3 aliphatic heterocycles. The summed E-state index contributed by atoms with van der Waals surface area (Å²) in [5.74, 6) is -0.414. The Kier molecular flexibility index (Phi) is 12.9. The Morgan fingerprint density at radius 2 is 1.77 bits per heavy atom. The van der Waals surface area contributed by atoms with E-state index in [0.717, 1.165) is 32.6 Å². The van der Waals surface area contributed by atoms with Crippen molar-refractivity contribution in [2.75, 3.05) is 61.0 Å². The van der Waals surface area contributed by atoms with Gasteiger partial charge >= 0.3 is 5.97 Å². The molecule has 0 bridgehead atoms. The predicted molar refractivity (Wildman–Crippen MR) is 171 cm³/mol. The summed E-state index contributed by atoms with van der Waals surface area (Å²) in [6.07, 6.45) is -0.485. The molecule has 3 rings (SSSR count). The molecule has 3 saturated heterocycles. The topological polar surface area (TPSA) is 101 Å². The van der Waals surface area contributed by atoms with Gasteiger partial charge in [-0.3, -0.25) is 14.5 Å². The third kappa shape index (κ3) is 8.60. The van der Waals surface area contributed by atoms with E-state index in [-0.39, 0.29) is 36.5 Å². The Morgan fingerprint density at radius 3 is 2.36 bits per heavy atom. The number of carbonyl (C=O) groups is 2. The second kappa shape index (κ2) is 15.2. The average molecular weight is 626 g/mol. The molecule has 10 nitrogen and oxygen atoms in total. The molecule has 0 radical (unpaired) electrons. The minimum absolute atomic E-state index is 0.0405. The van der Waals surface area contributed by atoms with Gasteiger partial charge in [-0.15, -0.1) is 0 Å². The number of likely N-dealkylation sites (tertiary alicyclic amines) is 1. The number of carbonyl (C=O) groups excluding carboxylic acids is 2. The molecule has 3 heterocycles. The number of nitrogens with zero attached hydrogens (tertiary/aromatic N) is 3. The zero-order valence-corrected chi connectivity index (χ0v) is 29.7. The van der Waals surface area contributed by atoms with Crippen LogP contribution in [0.25, 0.3) is 0 Å². The first-order valence-electron chi connectivity index (χ1n) is 16.8. The van der Waals surface area contributed by atoms with Crippen molar-refractivity contribution in [3.63, 3.8) is 0 Å². The maximum absolute atomic E-state index is 14.2. The van der Waals surface area contributed by atoms with E-state index in [4.69, 9.17) is 18.9 Å². The van der Waals surface area contributed by atoms with Gasteiger partial charge in [-0.05, 0) is 92.4 Å². The SMILES string of the molecule is CO[C@]1(C)C[C@@H](C)CN(C)[C@H]([C@@H]2CCN(CC(C)C)C2)COC(=O)C(C)(C)C(=O)[C@H](C)[C@H]1O[C@@H]1O[C@H](C)C[C@H](N(C)C)[C@H]1O. The maximum Gasteiger partial charge on any atom is 0.319 e. The van der Waals surface area contributed by atoms with Gasteiger partial charge in [0.25, 0.3) is 0 Å². The summed E-state index contributed by atoms with van der Waals surface area (Å²) in [4.78, 5) is 34.7. The molecule has 10 heteroatoms. The van der Waals surface area contributed by atoms with Crippen LogP contribution < -0.4 is 0 Å². The van der Waals surface area contributed by atoms with Crippen LogP contribution in [-0.4, -0.2) is 135 Å². The molecule has 3 fully saturated rings. The number of aliphatic hydroxyl groups is 1. The molecule has 0 unspecified atom stereocenters. The smallest absolute Gasteiger partial charge is 0.319 e. The second-order valence-corrected chi connectivity index (χ2v) is 15.5. The zero-order chi connectivity index (χ0) is 33.1. The molecule has 0 aromatic carbocycles. The summed E-state index contributed by atoms with van der Waals surface area (Å²) in [6.45, 7) is 19.8. The van der Waals surface area contributed by atoms with E-state index < -0.39 is 41.4 Å². The fourth-order valence-corrected chi connectivity index (χ4v) is 7.92. The highest BCUT2D eigenvalue weighted by molar-refractivity contribution is 6.04. The van der Waals surface area contributed by atoms with Gasteiger partial charge in [0.2, 0.25) is 0 Å². The highest BCUT2D eigenvalue weighted by Gasteiger charge is 2.51. The molecule has 3 aliphatic rings. The van der Waals surface area contributed by atoms with E-state index in [1.54, 1.807) is 27.9 Å². The molecule has 0 aromatic rings. The minimum atomic E-state index is -1.40. The normalized spacial score (nSPS) is 40.5. The summed E-state index contributed by atoms with van der Waals surface area (Å²) in [6, 6.07) is -0.125. The summed E-state index contributed by atoms with van der Waals surface area (Å²) in [7, 11) is 7.63. The van der Waals surface area contributed by atoms with Crippen molar-refractivity contribution in [1.29, 1.82) is 0 Å². The van der Waals surface area contributed by atoms with Gasteiger partial charge in [0, 0.05) is 44.7 Å². The molecule has 0 aliphatic carbocycles. The standard InChI is InChI=1S/C34H63N3O7/c1-21(2)17-37-14-13-25(19-37)27-20-42-32(40)33(6,7)29(39)24(5)30(34(8,41-12)16-22(3)18-36(27)11)44-31-28(38)26(35(9)10)15-23(4)43-31/h21-28,30-31,38H,13-20H2,1-12H3/t22-,23-,24+,25-,26+,27+,28-,30-,31+,34-/m1/s1. The first-order chi connectivity index (χ1) is 20.4. The van der Waals surface area contributed by atoms with Crippen molar-refractivity contribution < 1.29 is 33.6 Å². The molecular formula is C34H63N3O7. The number of cyclic esters (lactones) is 1. The Morgan fingerprint density at radius 1 is 1.11 bits per heavy atom. The molecular weight excluding hydrogens is 562 g/mol. The lowest BCUT2D eigenvalue weighted by atomic mass is 9.74. The van der Waals surface area contributed by atoms with E-state index in [9.17, 15) is 14.7 Å². The molecule has 0 amide bonds. The third-order valence-electron chi connectivity index (χ3n) is 10.4. The summed E-state index contributed by atoms with van der Waals surface area (Å²) in [5.41, 5.74) is -2.30. The Balaban J connectivity index is 1.96. The molecule has 10 atom stereocenters. The quantitative estimate of drug-likeness (QED) is 0.335. The summed E-state index contributed by atoms with van der Waals surface area (Å²) >= 11 is 0. The van der Waals surface area contributed by atoms with Gasteiger partial charge in [-0.25, -0.2) is 0 Å². The van der Waals surface area contributed by atoms with Gasteiger partial charge < -0.3 is 33.9 Å². The van der Waals surface area contributed by atoms with Crippen LogP contribution in [-0.2, 0) is 28.5 Å². The lowest BCUT2D eigenvalue weighted by molar-refractivity contribution is -0.295. The van der Waals surface area contributed by atoms with Gasteiger partial charge in [-0.2, -0.15) is 0 Å². The van der Waals surface area contributed by atoms with Crippen LogP contribution >= 0.6 is 0 Å². The molecule has 44 heavy (non-hydrogen) atoms. The summed E-state index contributed by atoms with van der Waals surface area (Å²) in [5, 5.41) is 11.3.